The first-order valence-electron chi connectivity index (χ1n) is 10.3. The van der Waals surface area contributed by atoms with Gasteiger partial charge in [0.2, 0.25) is 0 Å². The first-order chi connectivity index (χ1) is 13.6. The van der Waals surface area contributed by atoms with Crippen LogP contribution in [-0.2, 0) is 20.7 Å². The van der Waals surface area contributed by atoms with Crippen molar-refractivity contribution < 1.29 is 23.5 Å². The second-order valence-electron chi connectivity index (χ2n) is 8.03. The van der Waals surface area contributed by atoms with E-state index in [1.54, 1.807) is 20.8 Å². The maximum Gasteiger partial charge on any atom is 0.339 e. The van der Waals surface area contributed by atoms with Gasteiger partial charge in [-0.25, -0.2) is 9.18 Å². The van der Waals surface area contributed by atoms with Gasteiger partial charge in [-0.15, -0.1) is 0 Å². The number of Topliss-reactive ketones (excluding diaryl/α,β-unsaturated/α-hetero) is 2. The van der Waals surface area contributed by atoms with E-state index in [9.17, 15) is 18.8 Å². The highest BCUT2D eigenvalue weighted by atomic mass is 35.5. The van der Waals surface area contributed by atoms with Crippen LogP contribution in [-0.4, -0.2) is 23.6 Å². The highest BCUT2D eigenvalue weighted by molar-refractivity contribution is 6.33. The Balaban J connectivity index is 2.52. The van der Waals surface area contributed by atoms with Crippen LogP contribution in [0.2, 0.25) is 5.02 Å². The van der Waals surface area contributed by atoms with Crippen molar-refractivity contribution in [1.82, 2.24) is 0 Å². The van der Waals surface area contributed by atoms with Crippen molar-refractivity contribution in [3.05, 3.63) is 34.1 Å². The van der Waals surface area contributed by atoms with Crippen LogP contribution in [0.3, 0.4) is 0 Å². The number of carbonyl (C=O) groups is 3. The topological polar surface area (TPSA) is 60.4 Å². The molecule has 29 heavy (non-hydrogen) atoms. The average Bonchev–Trinajstić information content (AvgIpc) is 2.59. The molecule has 0 saturated heterocycles. The van der Waals surface area contributed by atoms with E-state index in [0.717, 1.165) is 31.7 Å². The fraction of sp³-hybridized carbons (Fsp3) is 0.609. The Bertz CT molecular complexity index is 715. The summed E-state index contributed by atoms with van der Waals surface area (Å²) in [5.41, 5.74) is 0.401. The van der Waals surface area contributed by atoms with Crippen molar-refractivity contribution in [2.75, 3.05) is 0 Å². The fourth-order valence-corrected chi connectivity index (χ4v) is 3.36. The minimum Gasteiger partial charge on any atom is -0.459 e. The van der Waals surface area contributed by atoms with E-state index in [0.29, 0.717) is 12.8 Å². The molecule has 0 aliphatic rings. The molecule has 1 unspecified atom stereocenters. The molecule has 162 valence electrons. The predicted octanol–water partition coefficient (Wildman–Crippen LogP) is 6.11. The van der Waals surface area contributed by atoms with Crippen LogP contribution in [0, 0.1) is 11.7 Å². The Morgan fingerprint density at radius 3 is 2.38 bits per heavy atom. The van der Waals surface area contributed by atoms with E-state index < -0.39 is 11.8 Å². The van der Waals surface area contributed by atoms with Crippen LogP contribution in [0.15, 0.2) is 12.1 Å². The quantitative estimate of drug-likeness (QED) is 0.282. The number of aryl methyl sites for hydroxylation is 1. The van der Waals surface area contributed by atoms with Gasteiger partial charge >= 0.3 is 5.97 Å². The number of ketones is 2. The molecule has 0 aliphatic carbocycles. The molecule has 1 aromatic rings. The number of benzene rings is 1. The van der Waals surface area contributed by atoms with Crippen LogP contribution in [0.25, 0.3) is 0 Å². The lowest BCUT2D eigenvalue weighted by molar-refractivity contribution is -0.120. The Hall–Kier alpha value is -1.75. The van der Waals surface area contributed by atoms with Crippen molar-refractivity contribution in [3.8, 4) is 0 Å². The molecule has 0 amide bonds. The zero-order chi connectivity index (χ0) is 22.0. The predicted molar refractivity (Wildman–Crippen MR) is 113 cm³/mol. The monoisotopic (exact) mass is 426 g/mol. The molecule has 0 bridgehead atoms. The van der Waals surface area contributed by atoms with Gasteiger partial charge in [-0.3, -0.25) is 4.79 Å². The van der Waals surface area contributed by atoms with Crippen LogP contribution in [0.1, 0.15) is 88.6 Å². The molecule has 0 saturated carbocycles. The molecule has 0 fully saturated rings. The summed E-state index contributed by atoms with van der Waals surface area (Å²) in [6, 6.07) is 2.48. The van der Waals surface area contributed by atoms with E-state index in [1.165, 1.54) is 6.07 Å². The summed E-state index contributed by atoms with van der Waals surface area (Å²) in [5.74, 6) is -0.588. The van der Waals surface area contributed by atoms with Gasteiger partial charge in [0.05, 0.1) is 16.7 Å². The maximum atomic E-state index is 14.2. The van der Waals surface area contributed by atoms with Gasteiger partial charge < -0.3 is 9.53 Å². The number of unbranched alkanes of at least 4 members (excludes halogenated alkanes) is 2. The molecule has 0 heterocycles. The van der Waals surface area contributed by atoms with Gasteiger partial charge in [-0.05, 0) is 57.2 Å². The second-order valence-corrected chi connectivity index (χ2v) is 8.43. The summed E-state index contributed by atoms with van der Waals surface area (Å²) in [7, 11) is 0. The average molecular weight is 427 g/mol. The fourth-order valence-electron chi connectivity index (χ4n) is 3.13. The van der Waals surface area contributed by atoms with Crippen molar-refractivity contribution in [2.45, 2.75) is 85.2 Å². The third-order valence-corrected chi connectivity index (χ3v) is 4.99. The van der Waals surface area contributed by atoms with Crippen molar-refractivity contribution >= 4 is 29.1 Å². The zero-order valence-electron chi connectivity index (χ0n) is 17.9. The van der Waals surface area contributed by atoms with Gasteiger partial charge in [-0.1, -0.05) is 37.8 Å². The summed E-state index contributed by atoms with van der Waals surface area (Å²) in [6.07, 6.45) is 5.01. The normalized spacial score (nSPS) is 12.1. The van der Waals surface area contributed by atoms with Crippen LogP contribution >= 0.6 is 11.6 Å². The van der Waals surface area contributed by atoms with Crippen LogP contribution in [0.4, 0.5) is 4.39 Å². The maximum absolute atomic E-state index is 14.2. The lowest BCUT2D eigenvalue weighted by Gasteiger charge is -2.12. The molecule has 6 heteroatoms. The molecule has 1 atom stereocenters. The van der Waals surface area contributed by atoms with Gasteiger partial charge in [-0.2, -0.15) is 0 Å². The number of halogens is 2. The summed E-state index contributed by atoms with van der Waals surface area (Å²) in [4.78, 5) is 35.3. The molecule has 1 aromatic carbocycles. The zero-order valence-corrected chi connectivity index (χ0v) is 18.6. The van der Waals surface area contributed by atoms with Crippen molar-refractivity contribution in [1.29, 1.82) is 0 Å². The number of esters is 1. The third-order valence-electron chi connectivity index (χ3n) is 4.67. The van der Waals surface area contributed by atoms with Gasteiger partial charge in [0.15, 0.2) is 0 Å². The number of carbonyl (C=O) groups excluding carboxylic acids is 3. The number of rotatable bonds is 13. The minimum absolute atomic E-state index is 0.00150. The van der Waals surface area contributed by atoms with E-state index in [2.05, 4.69) is 0 Å². The van der Waals surface area contributed by atoms with Gasteiger partial charge in [0.1, 0.15) is 17.4 Å². The smallest absolute Gasteiger partial charge is 0.339 e. The Morgan fingerprint density at radius 1 is 1.07 bits per heavy atom. The standard InChI is InChI=1S/C23H32ClFO4/c1-15(2)29-23(28)20-13-18(22(25)14-21(20)24)10-11-19(27)12-16(3)8-6-5-7-9-17(4)26/h13-16H,5-12H2,1-4H3. The Kier molecular flexibility index (Phi) is 11.1. The lowest BCUT2D eigenvalue weighted by atomic mass is 9.94. The summed E-state index contributed by atoms with van der Waals surface area (Å²) in [5, 5.41) is 0.00150. The van der Waals surface area contributed by atoms with E-state index in [1.807, 2.05) is 6.92 Å². The minimum atomic E-state index is -0.601. The summed E-state index contributed by atoms with van der Waals surface area (Å²) in [6.45, 7) is 7.08. The molecule has 0 radical (unpaired) electrons. The molecule has 0 N–H and O–H groups in total. The van der Waals surface area contributed by atoms with Gasteiger partial charge in [0, 0.05) is 19.3 Å². The first-order valence-corrected chi connectivity index (χ1v) is 10.7. The second kappa shape index (κ2) is 12.7. The molecular weight excluding hydrogens is 395 g/mol. The number of hydrogen-bond acceptors (Lipinski definition) is 4. The van der Waals surface area contributed by atoms with E-state index >= 15 is 0 Å². The number of hydrogen-bond donors (Lipinski definition) is 0. The SMILES string of the molecule is CC(=O)CCCCCC(C)CC(=O)CCc1cc(C(=O)OC(C)C)c(Cl)cc1F. The van der Waals surface area contributed by atoms with Crippen molar-refractivity contribution in [3.63, 3.8) is 0 Å². The lowest BCUT2D eigenvalue weighted by Crippen LogP contribution is -2.13. The first kappa shape index (κ1) is 25.3. The molecular formula is C23H32ClFO4. The van der Waals surface area contributed by atoms with Gasteiger partial charge in [0.25, 0.3) is 0 Å². The molecule has 0 spiro atoms. The summed E-state index contributed by atoms with van der Waals surface area (Å²) >= 11 is 5.97. The van der Waals surface area contributed by atoms with Crippen molar-refractivity contribution in [2.24, 2.45) is 5.92 Å². The summed E-state index contributed by atoms with van der Waals surface area (Å²) < 4.78 is 19.3. The largest absolute Gasteiger partial charge is 0.459 e. The van der Waals surface area contributed by atoms with E-state index in [4.69, 9.17) is 16.3 Å². The Morgan fingerprint density at radius 2 is 1.76 bits per heavy atom. The van der Waals surface area contributed by atoms with Crippen LogP contribution < -0.4 is 0 Å². The third kappa shape index (κ3) is 10.0. The molecule has 0 aromatic heterocycles. The highest BCUT2D eigenvalue weighted by Crippen LogP contribution is 2.24. The highest BCUT2D eigenvalue weighted by Gasteiger charge is 2.18. The molecule has 0 aliphatic heterocycles. The Labute approximate surface area is 178 Å². The van der Waals surface area contributed by atoms with E-state index in [-0.39, 0.29) is 52.6 Å². The van der Waals surface area contributed by atoms with Crippen LogP contribution in [0.5, 0.6) is 0 Å². The number of ether oxygens (including phenoxy) is 1. The molecule has 4 nitrogen and oxygen atoms in total. The molecule has 1 rings (SSSR count).